The van der Waals surface area contributed by atoms with Gasteiger partial charge in [0.05, 0.1) is 0 Å². The highest BCUT2D eigenvalue weighted by atomic mass is 19.4. The molecule has 0 spiro atoms. The van der Waals surface area contributed by atoms with Crippen LogP contribution in [0.15, 0.2) is 36.6 Å². The van der Waals surface area contributed by atoms with E-state index >= 15 is 0 Å². The Morgan fingerprint density at radius 3 is 2.35 bits per heavy atom. The molecule has 0 aliphatic heterocycles. The minimum Gasteiger partial charge on any atom is -0.328 e. The van der Waals surface area contributed by atoms with Gasteiger partial charge in [-0.05, 0) is 27.7 Å². The maximum atomic E-state index is 12.8. The van der Waals surface area contributed by atoms with Crippen molar-refractivity contribution in [1.29, 1.82) is 0 Å². The van der Waals surface area contributed by atoms with E-state index in [1.165, 1.54) is 4.57 Å². The first-order chi connectivity index (χ1) is 9.16. The Morgan fingerprint density at radius 2 is 1.95 bits per heavy atom. The number of imidazole rings is 1. The predicted molar refractivity (Wildman–Crippen MR) is 75.2 cm³/mol. The van der Waals surface area contributed by atoms with E-state index in [0.29, 0.717) is 11.4 Å². The summed E-state index contributed by atoms with van der Waals surface area (Å²) in [7, 11) is 0. The molecule has 1 aromatic heterocycles. The predicted octanol–water partition coefficient (Wildman–Crippen LogP) is 5.02. The molecule has 1 aromatic rings. The van der Waals surface area contributed by atoms with Gasteiger partial charge < -0.3 is 4.57 Å². The molecule has 0 saturated heterocycles. The topological polar surface area (TPSA) is 17.8 Å². The van der Waals surface area contributed by atoms with E-state index in [9.17, 15) is 13.2 Å². The molecule has 0 radical (unpaired) electrons. The van der Waals surface area contributed by atoms with Gasteiger partial charge in [0.25, 0.3) is 0 Å². The van der Waals surface area contributed by atoms with Gasteiger partial charge in [0, 0.05) is 17.8 Å². The number of halogens is 3. The SMILES string of the molecule is C=C(C)/C=C\C(=C/C)c1nc(C(F)(F)F)cn1C(C)C. The Bertz CT molecular complexity index is 546. The molecule has 0 amide bonds. The van der Waals surface area contributed by atoms with Crippen LogP contribution in [-0.4, -0.2) is 9.55 Å². The Labute approximate surface area is 117 Å². The molecule has 0 N–H and O–H groups in total. The molecule has 2 nitrogen and oxygen atoms in total. The summed E-state index contributed by atoms with van der Waals surface area (Å²) < 4.78 is 39.9. The van der Waals surface area contributed by atoms with E-state index in [4.69, 9.17) is 0 Å². The van der Waals surface area contributed by atoms with Crippen LogP contribution >= 0.6 is 0 Å². The first kappa shape index (κ1) is 16.3. The largest absolute Gasteiger partial charge is 0.434 e. The summed E-state index contributed by atoms with van der Waals surface area (Å²) in [4.78, 5) is 3.74. The molecule has 0 bridgehead atoms. The monoisotopic (exact) mass is 284 g/mol. The van der Waals surface area contributed by atoms with E-state index in [0.717, 1.165) is 11.8 Å². The number of aromatic nitrogens is 2. The second-order valence-electron chi connectivity index (χ2n) is 4.87. The molecule has 110 valence electrons. The van der Waals surface area contributed by atoms with E-state index in [1.54, 1.807) is 25.2 Å². The molecule has 5 heteroatoms. The lowest BCUT2D eigenvalue weighted by atomic mass is 10.2. The summed E-state index contributed by atoms with van der Waals surface area (Å²) in [6.45, 7) is 11.0. The molecule has 1 heterocycles. The van der Waals surface area contributed by atoms with Gasteiger partial charge in [-0.15, -0.1) is 0 Å². The van der Waals surface area contributed by atoms with Crippen LogP contribution in [0.1, 0.15) is 45.3 Å². The quantitative estimate of drug-likeness (QED) is 0.710. The van der Waals surface area contributed by atoms with Crippen LogP contribution in [0.25, 0.3) is 5.57 Å². The number of hydrogen-bond acceptors (Lipinski definition) is 1. The van der Waals surface area contributed by atoms with Gasteiger partial charge in [-0.3, -0.25) is 0 Å². The van der Waals surface area contributed by atoms with Gasteiger partial charge >= 0.3 is 6.18 Å². The second kappa shape index (κ2) is 6.11. The summed E-state index contributed by atoms with van der Waals surface area (Å²) in [5.41, 5.74) is 0.588. The smallest absolute Gasteiger partial charge is 0.328 e. The fourth-order valence-electron chi connectivity index (χ4n) is 1.67. The summed E-state index contributed by atoms with van der Waals surface area (Å²) in [6.07, 6.45) is 1.83. The minimum atomic E-state index is -4.44. The van der Waals surface area contributed by atoms with E-state index < -0.39 is 11.9 Å². The molecule has 0 unspecified atom stereocenters. The third-order valence-electron chi connectivity index (χ3n) is 2.70. The first-order valence-electron chi connectivity index (χ1n) is 6.33. The number of rotatable bonds is 4. The molecule has 0 aliphatic carbocycles. The highest BCUT2D eigenvalue weighted by Gasteiger charge is 2.35. The van der Waals surface area contributed by atoms with E-state index in [2.05, 4.69) is 11.6 Å². The molecule has 0 fully saturated rings. The summed E-state index contributed by atoms with van der Waals surface area (Å²) >= 11 is 0. The Morgan fingerprint density at radius 1 is 1.35 bits per heavy atom. The number of alkyl halides is 3. The summed E-state index contributed by atoms with van der Waals surface area (Å²) in [5.74, 6) is 0.312. The Balaban J connectivity index is 3.34. The van der Waals surface area contributed by atoms with Crippen molar-refractivity contribution in [2.45, 2.75) is 39.9 Å². The van der Waals surface area contributed by atoms with Crippen molar-refractivity contribution >= 4 is 5.57 Å². The lowest BCUT2D eigenvalue weighted by Gasteiger charge is -2.11. The van der Waals surface area contributed by atoms with Crippen LogP contribution in [0, 0.1) is 0 Å². The standard InChI is InChI=1S/C15H19F3N2/c1-6-12(8-7-10(2)3)14-19-13(15(16,17)18)9-20(14)11(4)5/h6-9,11H,2H2,1,3-5H3/b8-7-,12-6+. The Hall–Kier alpha value is -1.78. The van der Waals surface area contributed by atoms with Crippen LogP contribution in [0.5, 0.6) is 0 Å². The van der Waals surface area contributed by atoms with Gasteiger partial charge in [0.15, 0.2) is 5.69 Å². The van der Waals surface area contributed by atoms with Crippen molar-refractivity contribution in [2.24, 2.45) is 0 Å². The molecule has 1 rings (SSSR count). The summed E-state index contributed by atoms with van der Waals surface area (Å²) in [5, 5.41) is 0. The first-order valence-corrected chi connectivity index (χ1v) is 6.33. The van der Waals surface area contributed by atoms with Crippen LogP contribution in [0.2, 0.25) is 0 Å². The van der Waals surface area contributed by atoms with Crippen molar-refractivity contribution in [3.63, 3.8) is 0 Å². The van der Waals surface area contributed by atoms with Crippen LogP contribution in [0.3, 0.4) is 0 Å². The second-order valence-corrected chi connectivity index (χ2v) is 4.87. The lowest BCUT2D eigenvalue weighted by molar-refractivity contribution is -0.141. The molecule has 0 atom stereocenters. The molecule has 0 aromatic carbocycles. The normalized spacial score (nSPS) is 13.5. The van der Waals surface area contributed by atoms with E-state index in [1.807, 2.05) is 20.8 Å². The number of nitrogens with zero attached hydrogens (tertiary/aromatic N) is 2. The maximum absolute atomic E-state index is 12.8. The van der Waals surface area contributed by atoms with Crippen LogP contribution < -0.4 is 0 Å². The Kier molecular flexibility index (Phi) is 4.98. The number of hydrogen-bond donors (Lipinski definition) is 0. The molecule has 0 saturated carbocycles. The zero-order valence-corrected chi connectivity index (χ0v) is 12.1. The van der Waals surface area contributed by atoms with Crippen LogP contribution in [0.4, 0.5) is 13.2 Å². The number of allylic oxidation sites excluding steroid dienone is 5. The van der Waals surface area contributed by atoms with E-state index in [-0.39, 0.29) is 6.04 Å². The van der Waals surface area contributed by atoms with Gasteiger partial charge in [-0.1, -0.05) is 30.4 Å². The van der Waals surface area contributed by atoms with Crippen LogP contribution in [-0.2, 0) is 6.18 Å². The molecular weight excluding hydrogens is 265 g/mol. The van der Waals surface area contributed by atoms with Gasteiger partial charge in [-0.2, -0.15) is 13.2 Å². The summed E-state index contributed by atoms with van der Waals surface area (Å²) in [6, 6.07) is -0.109. The fraction of sp³-hybridized carbons (Fsp3) is 0.400. The minimum absolute atomic E-state index is 0.109. The third-order valence-corrected chi connectivity index (χ3v) is 2.70. The van der Waals surface area contributed by atoms with Gasteiger partial charge in [0.1, 0.15) is 5.82 Å². The van der Waals surface area contributed by atoms with Gasteiger partial charge in [0.2, 0.25) is 0 Å². The molecule has 20 heavy (non-hydrogen) atoms. The highest BCUT2D eigenvalue weighted by Crippen LogP contribution is 2.31. The van der Waals surface area contributed by atoms with Crippen molar-refractivity contribution in [3.8, 4) is 0 Å². The highest BCUT2D eigenvalue weighted by molar-refractivity contribution is 5.70. The van der Waals surface area contributed by atoms with Crippen molar-refractivity contribution in [1.82, 2.24) is 9.55 Å². The fourth-order valence-corrected chi connectivity index (χ4v) is 1.67. The van der Waals surface area contributed by atoms with Crippen molar-refractivity contribution < 1.29 is 13.2 Å². The van der Waals surface area contributed by atoms with Crippen molar-refractivity contribution in [2.75, 3.05) is 0 Å². The van der Waals surface area contributed by atoms with Crippen molar-refractivity contribution in [3.05, 3.63) is 48.1 Å². The zero-order chi connectivity index (χ0) is 15.5. The zero-order valence-electron chi connectivity index (χ0n) is 12.1. The third kappa shape index (κ3) is 3.85. The average molecular weight is 284 g/mol. The molecule has 0 aliphatic rings. The van der Waals surface area contributed by atoms with Gasteiger partial charge in [-0.25, -0.2) is 4.98 Å². The molecular formula is C15H19F3N2. The maximum Gasteiger partial charge on any atom is 0.434 e. The lowest BCUT2D eigenvalue weighted by Crippen LogP contribution is -2.05. The average Bonchev–Trinajstić information content (AvgIpc) is 2.74.